The number of carbonyl (C=O) groups excluding carboxylic acids is 1. The molecule has 4 bridgehead atoms. The maximum Gasteiger partial charge on any atom is 0.416 e. The van der Waals surface area contributed by atoms with E-state index in [1.165, 1.54) is 12.1 Å². The van der Waals surface area contributed by atoms with Gasteiger partial charge >= 0.3 is 6.18 Å². The van der Waals surface area contributed by atoms with Crippen molar-refractivity contribution in [2.75, 3.05) is 26.2 Å². The van der Waals surface area contributed by atoms with Gasteiger partial charge in [0.05, 0.1) is 12.0 Å². The first-order valence-electron chi connectivity index (χ1n) is 8.57. The average Bonchev–Trinajstić information content (AvgIpc) is 2.70. The Morgan fingerprint density at radius 3 is 2.54 bits per heavy atom. The Labute approximate surface area is 139 Å². The Morgan fingerprint density at radius 2 is 1.79 bits per heavy atom. The molecular weight excluding hydrogens is 317 g/mol. The van der Waals surface area contributed by atoms with Gasteiger partial charge in [0.2, 0.25) is 5.91 Å². The third-order valence-electron chi connectivity index (χ3n) is 5.65. The van der Waals surface area contributed by atoms with Crippen molar-refractivity contribution in [1.82, 2.24) is 9.80 Å². The van der Waals surface area contributed by atoms with Gasteiger partial charge in [-0.05, 0) is 36.3 Å². The van der Waals surface area contributed by atoms with E-state index in [1.807, 2.05) is 4.90 Å². The molecule has 0 N–H and O–H groups in total. The summed E-state index contributed by atoms with van der Waals surface area (Å²) in [6, 6.07) is 5.59. The summed E-state index contributed by atoms with van der Waals surface area (Å²) >= 11 is 0. The number of piperidine rings is 2. The Balaban J connectivity index is 1.55. The standard InChI is InChI=1S/C18H21F3N2O/c19-18(20,21)16-4-2-1-3-14(16)7-17(24)23-10-13-5-12-6-15(23)11-22(8-12)9-13/h1-4,12-13,15H,5-11H2. The van der Waals surface area contributed by atoms with Crippen LogP contribution in [0.5, 0.6) is 0 Å². The molecule has 4 aliphatic heterocycles. The van der Waals surface area contributed by atoms with Crippen molar-refractivity contribution in [2.45, 2.75) is 31.5 Å². The van der Waals surface area contributed by atoms with Crippen LogP contribution < -0.4 is 0 Å². The van der Waals surface area contributed by atoms with Gasteiger partial charge in [0.15, 0.2) is 0 Å². The van der Waals surface area contributed by atoms with Crippen LogP contribution in [0.2, 0.25) is 0 Å². The van der Waals surface area contributed by atoms with E-state index in [-0.39, 0.29) is 23.9 Å². The summed E-state index contributed by atoms with van der Waals surface area (Å²) in [5.41, 5.74) is -0.609. The molecule has 4 unspecified atom stereocenters. The lowest BCUT2D eigenvalue weighted by molar-refractivity contribution is -0.139. The monoisotopic (exact) mass is 338 g/mol. The molecule has 1 amide bonds. The van der Waals surface area contributed by atoms with Gasteiger partial charge in [-0.3, -0.25) is 4.79 Å². The average molecular weight is 338 g/mol. The topological polar surface area (TPSA) is 23.6 Å². The predicted octanol–water partition coefficient (Wildman–Crippen LogP) is 2.80. The molecule has 4 atom stereocenters. The maximum atomic E-state index is 13.1. The first-order valence-corrected chi connectivity index (χ1v) is 8.57. The van der Waals surface area contributed by atoms with Crippen LogP contribution in [-0.4, -0.2) is 47.9 Å². The highest BCUT2D eigenvalue weighted by Crippen LogP contribution is 2.37. The van der Waals surface area contributed by atoms with Gasteiger partial charge in [0.1, 0.15) is 0 Å². The molecule has 0 spiro atoms. The third kappa shape index (κ3) is 2.92. The number of benzene rings is 1. The molecule has 4 aliphatic rings. The second-order valence-electron chi connectivity index (χ2n) is 7.45. The van der Waals surface area contributed by atoms with Crippen molar-refractivity contribution in [3.63, 3.8) is 0 Å². The summed E-state index contributed by atoms with van der Waals surface area (Å²) in [4.78, 5) is 17.1. The Bertz CT molecular complexity index is 631. The number of nitrogens with zero attached hydrogens (tertiary/aromatic N) is 2. The van der Waals surface area contributed by atoms with Gasteiger partial charge in [0.25, 0.3) is 0 Å². The Morgan fingerprint density at radius 1 is 1.04 bits per heavy atom. The fourth-order valence-corrected chi connectivity index (χ4v) is 4.81. The molecule has 0 saturated carbocycles. The molecule has 4 heterocycles. The minimum absolute atomic E-state index is 0.0826. The molecule has 0 radical (unpaired) electrons. The number of fused-ring (bicyclic) bond motifs is 1. The number of alkyl halides is 3. The van der Waals surface area contributed by atoms with Crippen LogP contribution >= 0.6 is 0 Å². The van der Waals surface area contributed by atoms with E-state index < -0.39 is 11.7 Å². The molecule has 0 aromatic heterocycles. The third-order valence-corrected chi connectivity index (χ3v) is 5.65. The summed E-state index contributed by atoms with van der Waals surface area (Å²) in [6.45, 7) is 3.71. The minimum atomic E-state index is -4.42. The van der Waals surface area contributed by atoms with Crippen molar-refractivity contribution < 1.29 is 18.0 Å². The number of amides is 1. The molecular formula is C18H21F3N2O. The van der Waals surface area contributed by atoms with Gasteiger partial charge in [0, 0.05) is 32.2 Å². The lowest BCUT2D eigenvalue weighted by Gasteiger charge is -2.41. The molecule has 130 valence electrons. The van der Waals surface area contributed by atoms with Crippen molar-refractivity contribution in [3.05, 3.63) is 35.4 Å². The van der Waals surface area contributed by atoms with Crippen molar-refractivity contribution >= 4 is 5.91 Å². The maximum absolute atomic E-state index is 13.1. The molecule has 1 aromatic rings. The van der Waals surface area contributed by atoms with Crippen LogP contribution in [0.3, 0.4) is 0 Å². The van der Waals surface area contributed by atoms with Gasteiger partial charge in [-0.2, -0.15) is 13.2 Å². The van der Waals surface area contributed by atoms with Gasteiger partial charge in [-0.25, -0.2) is 0 Å². The predicted molar refractivity (Wildman–Crippen MR) is 83.3 cm³/mol. The van der Waals surface area contributed by atoms with E-state index in [0.717, 1.165) is 38.5 Å². The highest BCUT2D eigenvalue weighted by molar-refractivity contribution is 5.79. The van der Waals surface area contributed by atoms with E-state index in [2.05, 4.69) is 4.90 Å². The quantitative estimate of drug-likeness (QED) is 0.828. The zero-order valence-corrected chi connectivity index (χ0v) is 13.4. The van der Waals surface area contributed by atoms with E-state index in [0.29, 0.717) is 18.4 Å². The molecule has 24 heavy (non-hydrogen) atoms. The normalized spacial score (nSPS) is 32.0. The molecule has 3 nitrogen and oxygen atoms in total. The molecule has 5 rings (SSSR count). The van der Waals surface area contributed by atoms with Crippen LogP contribution in [-0.2, 0) is 17.4 Å². The zero-order valence-electron chi connectivity index (χ0n) is 13.4. The zero-order chi connectivity index (χ0) is 16.9. The fourth-order valence-electron chi connectivity index (χ4n) is 4.81. The first kappa shape index (κ1) is 15.9. The minimum Gasteiger partial charge on any atom is -0.338 e. The molecule has 1 aromatic carbocycles. The van der Waals surface area contributed by atoms with Crippen LogP contribution in [0.25, 0.3) is 0 Å². The number of hydrogen-bond acceptors (Lipinski definition) is 2. The summed E-state index contributed by atoms with van der Waals surface area (Å²) in [5, 5.41) is 0. The van der Waals surface area contributed by atoms with E-state index >= 15 is 0 Å². The molecule has 0 aliphatic carbocycles. The van der Waals surface area contributed by atoms with Crippen molar-refractivity contribution in [2.24, 2.45) is 11.8 Å². The number of halogens is 3. The second kappa shape index (κ2) is 5.76. The van der Waals surface area contributed by atoms with E-state index in [9.17, 15) is 18.0 Å². The Hall–Kier alpha value is -1.56. The van der Waals surface area contributed by atoms with E-state index in [1.54, 1.807) is 6.07 Å². The van der Waals surface area contributed by atoms with Gasteiger partial charge in [-0.1, -0.05) is 18.2 Å². The van der Waals surface area contributed by atoms with Crippen LogP contribution in [0, 0.1) is 11.8 Å². The summed E-state index contributed by atoms with van der Waals surface area (Å²) in [6.07, 6.45) is -2.43. The van der Waals surface area contributed by atoms with Gasteiger partial charge in [-0.15, -0.1) is 0 Å². The lowest BCUT2D eigenvalue weighted by atomic mass is 9.84. The Kier molecular flexibility index (Phi) is 3.82. The molecule has 4 fully saturated rings. The van der Waals surface area contributed by atoms with Crippen molar-refractivity contribution in [3.8, 4) is 0 Å². The van der Waals surface area contributed by atoms with Crippen LogP contribution in [0.4, 0.5) is 13.2 Å². The number of carbonyl (C=O) groups is 1. The smallest absolute Gasteiger partial charge is 0.338 e. The summed E-state index contributed by atoms with van der Waals surface area (Å²) in [5.74, 6) is 0.951. The van der Waals surface area contributed by atoms with Crippen molar-refractivity contribution in [1.29, 1.82) is 0 Å². The van der Waals surface area contributed by atoms with Gasteiger partial charge < -0.3 is 9.80 Å². The number of hydrogen-bond donors (Lipinski definition) is 0. The van der Waals surface area contributed by atoms with E-state index in [4.69, 9.17) is 0 Å². The summed E-state index contributed by atoms with van der Waals surface area (Å²) < 4.78 is 39.4. The molecule has 4 saturated heterocycles. The van der Waals surface area contributed by atoms with Crippen LogP contribution in [0.15, 0.2) is 24.3 Å². The fraction of sp³-hybridized carbons (Fsp3) is 0.611. The lowest BCUT2D eigenvalue weighted by Crippen LogP contribution is -2.50. The number of rotatable bonds is 2. The first-order chi connectivity index (χ1) is 11.4. The van der Waals surface area contributed by atoms with Crippen LogP contribution in [0.1, 0.15) is 24.0 Å². The highest BCUT2D eigenvalue weighted by atomic mass is 19.4. The second-order valence-corrected chi connectivity index (χ2v) is 7.45. The SMILES string of the molecule is O=C(Cc1ccccc1C(F)(F)F)N1CC2CC3CC1CN(C3)C2. The largest absolute Gasteiger partial charge is 0.416 e. The molecule has 6 heteroatoms. The summed E-state index contributed by atoms with van der Waals surface area (Å²) in [7, 11) is 0. The highest BCUT2D eigenvalue weighted by Gasteiger charge is 2.43.